The summed E-state index contributed by atoms with van der Waals surface area (Å²) in [6.07, 6.45) is 4.10. The molecule has 0 radical (unpaired) electrons. The van der Waals surface area contributed by atoms with Crippen LogP contribution in [0.25, 0.3) is 0 Å². The normalized spacial score (nSPS) is 16.3. The second kappa shape index (κ2) is 10.1. The van der Waals surface area contributed by atoms with Crippen molar-refractivity contribution in [2.75, 3.05) is 55.7 Å². The zero-order valence-corrected chi connectivity index (χ0v) is 18.4. The highest BCUT2D eigenvalue weighted by Gasteiger charge is 2.26. The van der Waals surface area contributed by atoms with Gasteiger partial charge in [0, 0.05) is 50.9 Å². The first-order chi connectivity index (χ1) is 15.5. The Labute approximate surface area is 190 Å². The number of fused-ring (bicyclic) bond motifs is 1. The minimum absolute atomic E-state index is 0.0452. The summed E-state index contributed by atoms with van der Waals surface area (Å²) in [5.41, 5.74) is 0.846. The topological polar surface area (TPSA) is 112 Å². The number of hydrogen-bond donors (Lipinski definition) is 1. The molecule has 11 heteroatoms. The van der Waals surface area contributed by atoms with E-state index in [1.165, 1.54) is 11.1 Å². The molecular formula is C21H25ClN6O4. The molecule has 0 aliphatic carbocycles. The molecule has 0 saturated carbocycles. The lowest BCUT2D eigenvalue weighted by molar-refractivity contribution is -0.132. The molecule has 10 nitrogen and oxygen atoms in total. The highest BCUT2D eigenvalue weighted by Crippen LogP contribution is 2.23. The maximum absolute atomic E-state index is 12.5. The van der Waals surface area contributed by atoms with E-state index in [1.807, 2.05) is 17.0 Å². The number of pyridine rings is 1. The Kier molecular flexibility index (Phi) is 7.01. The van der Waals surface area contributed by atoms with Crippen molar-refractivity contribution >= 4 is 34.9 Å². The average Bonchev–Trinajstić information content (AvgIpc) is 2.81. The Morgan fingerprint density at radius 3 is 2.66 bits per heavy atom. The maximum Gasteiger partial charge on any atom is 0.269 e. The van der Waals surface area contributed by atoms with Gasteiger partial charge in [0.2, 0.25) is 11.8 Å². The predicted molar refractivity (Wildman–Crippen MR) is 119 cm³/mol. The van der Waals surface area contributed by atoms with E-state index < -0.39 is 0 Å². The number of amides is 2. The monoisotopic (exact) mass is 460 g/mol. The fourth-order valence-electron chi connectivity index (χ4n) is 3.95. The predicted octanol–water partition coefficient (Wildman–Crippen LogP) is 0.853. The van der Waals surface area contributed by atoms with E-state index in [9.17, 15) is 14.4 Å². The number of H-pyrrole nitrogens is 1. The number of carbonyl (C=O) groups is 2. The van der Waals surface area contributed by atoms with E-state index in [-0.39, 0.29) is 43.4 Å². The van der Waals surface area contributed by atoms with Crippen LogP contribution in [0.3, 0.4) is 0 Å². The molecule has 2 aliphatic rings. The van der Waals surface area contributed by atoms with Crippen LogP contribution in [0.4, 0.5) is 11.5 Å². The molecule has 0 aromatic carbocycles. The summed E-state index contributed by atoms with van der Waals surface area (Å²) in [6.45, 7) is 3.56. The third-order valence-electron chi connectivity index (χ3n) is 5.70. The van der Waals surface area contributed by atoms with Crippen LogP contribution in [-0.4, -0.2) is 77.8 Å². The van der Waals surface area contributed by atoms with Crippen LogP contribution in [0.1, 0.15) is 18.4 Å². The van der Waals surface area contributed by atoms with Gasteiger partial charge in [0.1, 0.15) is 5.82 Å². The highest BCUT2D eigenvalue weighted by atomic mass is 35.5. The average molecular weight is 461 g/mol. The molecule has 2 aromatic heterocycles. The largest absolute Gasteiger partial charge is 0.379 e. The van der Waals surface area contributed by atoms with Crippen molar-refractivity contribution in [1.82, 2.24) is 20.1 Å². The van der Waals surface area contributed by atoms with Gasteiger partial charge in [-0.1, -0.05) is 11.6 Å². The first-order valence-electron chi connectivity index (χ1n) is 10.6. The zero-order chi connectivity index (χ0) is 22.5. The molecule has 2 aliphatic heterocycles. The smallest absolute Gasteiger partial charge is 0.269 e. The molecule has 2 amide bonds. The standard InChI is InChI=1S/C21H25ClN6O4/c22-15-1-3-18(23-13-15)26-6-8-27(9-7-26)19(29)5-11-32-12-10-28-17-14-24-25-21(31)16(17)2-4-20(28)30/h1,3,13-14H,2,4-12H2,(H,25,31). The number of carbonyl (C=O) groups excluding carboxylic acids is 2. The fraction of sp³-hybridized carbons (Fsp3) is 0.476. The molecule has 0 unspecified atom stereocenters. The summed E-state index contributed by atoms with van der Waals surface area (Å²) in [7, 11) is 0. The van der Waals surface area contributed by atoms with Gasteiger partial charge >= 0.3 is 0 Å². The van der Waals surface area contributed by atoms with Gasteiger partial charge < -0.3 is 19.4 Å². The minimum atomic E-state index is -0.265. The van der Waals surface area contributed by atoms with Crippen LogP contribution in [0, 0.1) is 0 Å². The van der Waals surface area contributed by atoms with Crippen LogP contribution in [0.5, 0.6) is 0 Å². The van der Waals surface area contributed by atoms with Crippen molar-refractivity contribution in [3.05, 3.63) is 45.5 Å². The van der Waals surface area contributed by atoms with Crippen LogP contribution < -0.4 is 15.4 Å². The fourth-order valence-corrected chi connectivity index (χ4v) is 4.06. The van der Waals surface area contributed by atoms with Crippen molar-refractivity contribution in [2.24, 2.45) is 0 Å². The van der Waals surface area contributed by atoms with Crippen LogP contribution >= 0.6 is 11.6 Å². The summed E-state index contributed by atoms with van der Waals surface area (Å²) < 4.78 is 5.61. The SMILES string of the molecule is O=C(CCOCCN1C(=O)CCc2c1cn[nH]c2=O)N1CCN(c2ccc(Cl)cn2)CC1. The van der Waals surface area contributed by atoms with Gasteiger partial charge in [0.25, 0.3) is 5.56 Å². The van der Waals surface area contributed by atoms with Gasteiger partial charge in [-0.2, -0.15) is 5.10 Å². The number of ether oxygens (including phenoxy) is 1. The van der Waals surface area contributed by atoms with E-state index in [2.05, 4.69) is 20.1 Å². The van der Waals surface area contributed by atoms with E-state index in [0.717, 1.165) is 5.82 Å². The van der Waals surface area contributed by atoms with Crippen LogP contribution in [0.15, 0.2) is 29.3 Å². The lowest BCUT2D eigenvalue weighted by Gasteiger charge is -2.35. The summed E-state index contributed by atoms with van der Waals surface area (Å²) >= 11 is 5.88. The van der Waals surface area contributed by atoms with Crippen molar-refractivity contribution in [3.8, 4) is 0 Å². The Morgan fingerprint density at radius 1 is 1.09 bits per heavy atom. The van der Waals surface area contributed by atoms with E-state index >= 15 is 0 Å². The third-order valence-corrected chi connectivity index (χ3v) is 5.93. The zero-order valence-electron chi connectivity index (χ0n) is 17.6. The first kappa shape index (κ1) is 22.2. The van der Waals surface area contributed by atoms with Gasteiger partial charge in [-0.3, -0.25) is 14.4 Å². The number of nitrogens with one attached hydrogen (secondary N) is 1. The molecule has 0 spiro atoms. The molecule has 170 valence electrons. The number of aromatic amines is 1. The second-order valence-electron chi connectivity index (χ2n) is 7.67. The van der Waals surface area contributed by atoms with Crippen LogP contribution in [0.2, 0.25) is 5.02 Å². The van der Waals surface area contributed by atoms with Gasteiger partial charge in [-0.25, -0.2) is 10.1 Å². The Bertz CT molecular complexity index is 1020. The van der Waals surface area contributed by atoms with E-state index in [0.29, 0.717) is 55.4 Å². The third kappa shape index (κ3) is 5.08. The minimum Gasteiger partial charge on any atom is -0.379 e. The molecule has 1 N–H and O–H groups in total. The van der Waals surface area contributed by atoms with Gasteiger partial charge in [0.05, 0.1) is 36.5 Å². The molecule has 32 heavy (non-hydrogen) atoms. The van der Waals surface area contributed by atoms with Crippen molar-refractivity contribution in [2.45, 2.75) is 19.3 Å². The lowest BCUT2D eigenvalue weighted by atomic mass is 10.0. The molecule has 1 fully saturated rings. The molecule has 2 aromatic rings. The number of aromatic nitrogens is 3. The summed E-state index contributed by atoms with van der Waals surface area (Å²) in [5, 5.41) is 6.79. The van der Waals surface area contributed by atoms with E-state index in [4.69, 9.17) is 16.3 Å². The van der Waals surface area contributed by atoms with Crippen molar-refractivity contribution in [1.29, 1.82) is 0 Å². The van der Waals surface area contributed by atoms with E-state index in [1.54, 1.807) is 6.20 Å². The second-order valence-corrected chi connectivity index (χ2v) is 8.11. The van der Waals surface area contributed by atoms with Crippen molar-refractivity contribution < 1.29 is 14.3 Å². The van der Waals surface area contributed by atoms with Gasteiger partial charge in [-0.05, 0) is 18.6 Å². The Morgan fingerprint density at radius 2 is 1.91 bits per heavy atom. The lowest BCUT2D eigenvalue weighted by Crippen LogP contribution is -2.49. The molecular weight excluding hydrogens is 436 g/mol. The number of nitrogens with zero attached hydrogens (tertiary/aromatic N) is 5. The number of rotatable bonds is 7. The molecule has 1 saturated heterocycles. The van der Waals surface area contributed by atoms with Gasteiger partial charge in [-0.15, -0.1) is 0 Å². The summed E-state index contributed by atoms with van der Waals surface area (Å²) in [6, 6.07) is 3.69. The number of piperazine rings is 1. The highest BCUT2D eigenvalue weighted by molar-refractivity contribution is 6.30. The summed E-state index contributed by atoms with van der Waals surface area (Å²) in [5.74, 6) is 0.845. The number of halogens is 1. The maximum atomic E-state index is 12.5. The van der Waals surface area contributed by atoms with Crippen molar-refractivity contribution in [3.63, 3.8) is 0 Å². The summed E-state index contributed by atoms with van der Waals surface area (Å²) in [4.78, 5) is 46.4. The quantitative estimate of drug-likeness (QED) is 0.609. The Hall–Kier alpha value is -2.98. The molecule has 4 heterocycles. The molecule has 0 bridgehead atoms. The van der Waals surface area contributed by atoms with Crippen LogP contribution in [-0.2, 0) is 20.7 Å². The molecule has 4 rings (SSSR count). The van der Waals surface area contributed by atoms with Gasteiger partial charge in [0.15, 0.2) is 0 Å². The number of anilines is 2. The Balaban J connectivity index is 1.18. The first-order valence-corrected chi connectivity index (χ1v) is 11.0. The molecule has 0 atom stereocenters. The number of hydrogen-bond acceptors (Lipinski definition) is 7.